The van der Waals surface area contributed by atoms with Gasteiger partial charge < -0.3 is 5.11 Å². The van der Waals surface area contributed by atoms with E-state index in [4.69, 9.17) is 5.11 Å². The summed E-state index contributed by atoms with van der Waals surface area (Å²) in [7, 11) is 0. The zero-order valence-corrected chi connectivity index (χ0v) is 9.54. The van der Waals surface area contributed by atoms with Crippen molar-refractivity contribution in [1.82, 2.24) is 10.4 Å². The van der Waals surface area contributed by atoms with Crippen LogP contribution in [0.25, 0.3) is 0 Å². The Bertz CT molecular complexity index is 197. The van der Waals surface area contributed by atoms with E-state index in [0.717, 1.165) is 32.4 Å². The van der Waals surface area contributed by atoms with E-state index in [1.165, 1.54) is 19.3 Å². The van der Waals surface area contributed by atoms with E-state index in [2.05, 4.69) is 12.3 Å². The maximum atomic E-state index is 10.9. The molecule has 1 heterocycles. The minimum Gasteiger partial charge on any atom is -0.480 e. The van der Waals surface area contributed by atoms with E-state index < -0.39 is 5.97 Å². The van der Waals surface area contributed by atoms with Gasteiger partial charge in [-0.25, -0.2) is 5.01 Å². The van der Waals surface area contributed by atoms with Crippen LogP contribution in [0.2, 0.25) is 0 Å². The number of unbranched alkanes of at least 4 members (excludes halogenated alkanes) is 3. The molecule has 1 saturated heterocycles. The Morgan fingerprint density at radius 1 is 1.47 bits per heavy atom. The molecule has 88 valence electrons. The number of hydrazine groups is 1. The predicted octanol–water partition coefficient (Wildman–Crippen LogP) is 1.62. The topological polar surface area (TPSA) is 52.6 Å². The molecular weight excluding hydrogens is 192 g/mol. The minimum absolute atomic E-state index is 0.309. The van der Waals surface area contributed by atoms with Crippen LogP contribution in [-0.2, 0) is 4.79 Å². The van der Waals surface area contributed by atoms with Gasteiger partial charge in [-0.05, 0) is 19.3 Å². The number of carboxylic acid groups (broad SMARTS) is 1. The second kappa shape index (κ2) is 6.80. The van der Waals surface area contributed by atoms with Gasteiger partial charge in [0.05, 0.1) is 0 Å². The zero-order valence-electron chi connectivity index (χ0n) is 9.54. The molecule has 0 aromatic rings. The van der Waals surface area contributed by atoms with E-state index in [1.807, 2.05) is 5.01 Å². The highest BCUT2D eigenvalue weighted by molar-refractivity contribution is 5.73. The lowest BCUT2D eigenvalue weighted by atomic mass is 10.2. The average molecular weight is 214 g/mol. The molecule has 4 heteroatoms. The van der Waals surface area contributed by atoms with Gasteiger partial charge in [-0.2, -0.15) is 0 Å². The number of hydrogen-bond acceptors (Lipinski definition) is 3. The Morgan fingerprint density at radius 2 is 2.27 bits per heavy atom. The molecule has 1 rings (SSSR count). The van der Waals surface area contributed by atoms with Gasteiger partial charge in [0.25, 0.3) is 0 Å². The number of carbonyl (C=O) groups is 1. The van der Waals surface area contributed by atoms with Crippen molar-refractivity contribution >= 4 is 5.97 Å². The normalized spacial score (nSPS) is 22.1. The lowest BCUT2D eigenvalue weighted by Crippen LogP contribution is -2.45. The zero-order chi connectivity index (χ0) is 11.1. The summed E-state index contributed by atoms with van der Waals surface area (Å²) in [5.74, 6) is -0.700. The summed E-state index contributed by atoms with van der Waals surface area (Å²) in [5.41, 5.74) is 3.22. The van der Waals surface area contributed by atoms with Crippen molar-refractivity contribution < 1.29 is 9.90 Å². The summed E-state index contributed by atoms with van der Waals surface area (Å²) >= 11 is 0. The smallest absolute Gasteiger partial charge is 0.322 e. The largest absolute Gasteiger partial charge is 0.480 e. The van der Waals surface area contributed by atoms with Crippen molar-refractivity contribution in [1.29, 1.82) is 0 Å². The van der Waals surface area contributed by atoms with Crippen LogP contribution < -0.4 is 5.43 Å². The van der Waals surface area contributed by atoms with Gasteiger partial charge in [0.1, 0.15) is 6.04 Å². The van der Waals surface area contributed by atoms with Crippen LogP contribution in [0.4, 0.5) is 0 Å². The average Bonchev–Trinajstić information content (AvgIpc) is 2.66. The van der Waals surface area contributed by atoms with E-state index >= 15 is 0 Å². The summed E-state index contributed by atoms with van der Waals surface area (Å²) in [6.45, 7) is 3.96. The summed E-state index contributed by atoms with van der Waals surface area (Å²) in [6.07, 6.45) is 6.63. The lowest BCUT2D eigenvalue weighted by Gasteiger charge is -2.21. The van der Waals surface area contributed by atoms with Crippen molar-refractivity contribution in [2.45, 2.75) is 51.5 Å². The quantitative estimate of drug-likeness (QED) is 0.632. The van der Waals surface area contributed by atoms with Crippen molar-refractivity contribution in [2.24, 2.45) is 0 Å². The molecule has 0 saturated carbocycles. The van der Waals surface area contributed by atoms with Crippen LogP contribution in [0.3, 0.4) is 0 Å². The number of aliphatic carboxylic acids is 1. The summed E-state index contributed by atoms with van der Waals surface area (Å²) in [4.78, 5) is 10.9. The van der Waals surface area contributed by atoms with Crippen molar-refractivity contribution in [2.75, 3.05) is 13.1 Å². The van der Waals surface area contributed by atoms with Crippen LogP contribution in [0.1, 0.15) is 45.4 Å². The molecule has 0 aliphatic carbocycles. The highest BCUT2D eigenvalue weighted by atomic mass is 16.4. The summed E-state index contributed by atoms with van der Waals surface area (Å²) < 4.78 is 0. The van der Waals surface area contributed by atoms with Crippen LogP contribution in [0.5, 0.6) is 0 Å². The summed E-state index contributed by atoms with van der Waals surface area (Å²) in [5, 5.41) is 10.8. The Morgan fingerprint density at radius 3 is 2.93 bits per heavy atom. The number of nitrogens with one attached hydrogen (secondary N) is 1. The highest BCUT2D eigenvalue weighted by Crippen LogP contribution is 2.14. The van der Waals surface area contributed by atoms with E-state index in [0.29, 0.717) is 0 Å². The Labute approximate surface area is 91.6 Å². The van der Waals surface area contributed by atoms with Crippen molar-refractivity contribution in [3.8, 4) is 0 Å². The first-order valence-corrected chi connectivity index (χ1v) is 5.98. The fraction of sp³-hybridized carbons (Fsp3) is 0.909. The van der Waals surface area contributed by atoms with E-state index in [1.54, 1.807) is 0 Å². The molecule has 4 nitrogen and oxygen atoms in total. The molecule has 1 unspecified atom stereocenters. The van der Waals surface area contributed by atoms with Gasteiger partial charge in [0.2, 0.25) is 0 Å². The monoisotopic (exact) mass is 214 g/mol. The number of rotatable bonds is 7. The molecule has 0 radical (unpaired) electrons. The Hall–Kier alpha value is -0.610. The second-order valence-electron chi connectivity index (χ2n) is 4.16. The fourth-order valence-electron chi connectivity index (χ4n) is 1.99. The van der Waals surface area contributed by atoms with Crippen LogP contribution in [-0.4, -0.2) is 35.2 Å². The Kier molecular flexibility index (Phi) is 5.65. The lowest BCUT2D eigenvalue weighted by molar-refractivity contribution is -0.143. The van der Waals surface area contributed by atoms with Crippen LogP contribution in [0.15, 0.2) is 0 Å². The summed E-state index contributed by atoms with van der Waals surface area (Å²) in [6, 6.07) is -0.309. The molecule has 1 fully saturated rings. The fourth-order valence-corrected chi connectivity index (χ4v) is 1.99. The van der Waals surface area contributed by atoms with Crippen molar-refractivity contribution in [3.05, 3.63) is 0 Å². The Balaban J connectivity index is 2.12. The van der Waals surface area contributed by atoms with Crippen LogP contribution in [0, 0.1) is 0 Å². The van der Waals surface area contributed by atoms with Gasteiger partial charge in [-0.3, -0.25) is 10.2 Å². The molecule has 0 aromatic carbocycles. The van der Waals surface area contributed by atoms with E-state index in [-0.39, 0.29) is 6.04 Å². The molecule has 0 spiro atoms. The van der Waals surface area contributed by atoms with Gasteiger partial charge in [0, 0.05) is 13.1 Å². The first-order chi connectivity index (χ1) is 7.25. The third-order valence-corrected chi connectivity index (χ3v) is 2.88. The van der Waals surface area contributed by atoms with E-state index in [9.17, 15) is 4.79 Å². The molecular formula is C11H22N2O2. The molecule has 0 amide bonds. The molecule has 1 atom stereocenters. The number of hydrogen-bond donors (Lipinski definition) is 2. The maximum Gasteiger partial charge on any atom is 0.322 e. The standard InChI is InChI=1S/C11H22N2O2/c1-2-3-4-5-8-12-13-9-6-7-10(13)11(14)15/h10,12H,2-9H2,1H3,(H,14,15). The van der Waals surface area contributed by atoms with Crippen LogP contribution >= 0.6 is 0 Å². The number of nitrogens with zero attached hydrogens (tertiary/aromatic N) is 1. The van der Waals surface area contributed by atoms with Gasteiger partial charge >= 0.3 is 5.97 Å². The minimum atomic E-state index is -0.700. The first-order valence-electron chi connectivity index (χ1n) is 5.98. The molecule has 1 aliphatic rings. The number of carboxylic acids is 1. The molecule has 2 N–H and O–H groups in total. The molecule has 0 aromatic heterocycles. The third-order valence-electron chi connectivity index (χ3n) is 2.88. The molecule has 0 bridgehead atoms. The predicted molar refractivity (Wildman–Crippen MR) is 59.5 cm³/mol. The highest BCUT2D eigenvalue weighted by Gasteiger charge is 2.29. The van der Waals surface area contributed by atoms with Crippen molar-refractivity contribution in [3.63, 3.8) is 0 Å². The van der Waals surface area contributed by atoms with Gasteiger partial charge in [0.15, 0.2) is 0 Å². The molecule has 1 aliphatic heterocycles. The third kappa shape index (κ3) is 4.18. The maximum absolute atomic E-state index is 10.9. The second-order valence-corrected chi connectivity index (χ2v) is 4.16. The SMILES string of the molecule is CCCCCCNN1CCCC1C(=O)O. The van der Waals surface area contributed by atoms with Gasteiger partial charge in [-0.1, -0.05) is 26.2 Å². The first kappa shape index (κ1) is 12.5. The van der Waals surface area contributed by atoms with Gasteiger partial charge in [-0.15, -0.1) is 0 Å². The molecule has 15 heavy (non-hydrogen) atoms.